The number of rotatable bonds is 43. The number of thioether (sulfide) groups is 1. The Morgan fingerprint density at radius 2 is 1.08 bits per heavy atom. The van der Waals surface area contributed by atoms with Crippen molar-refractivity contribution in [1.29, 1.82) is 0 Å². The fourth-order valence-electron chi connectivity index (χ4n) is 11.8. The van der Waals surface area contributed by atoms with Crippen molar-refractivity contribution in [2.24, 2.45) is 23.3 Å². The van der Waals surface area contributed by atoms with Crippen LogP contribution in [0.4, 0.5) is 5.69 Å². The number of para-hydroxylation sites is 1. The maximum atomic E-state index is 14.5. The number of nitrogens with one attached hydrogen (secondary N) is 12. The zero-order chi connectivity index (χ0) is 81.3. The molecule has 0 spiro atoms. The molecular formula is C70H101N19O20S. The fraction of sp³-hybridized carbons (Fsp3) is 0.529. The van der Waals surface area contributed by atoms with Crippen LogP contribution in [0, 0.1) is 11.8 Å². The average Bonchev–Trinajstić information content (AvgIpc) is 1.67. The van der Waals surface area contributed by atoms with Gasteiger partial charge >= 0.3 is 23.9 Å². The number of imidazole rings is 1. The molecule has 0 bridgehead atoms. The van der Waals surface area contributed by atoms with Crippen molar-refractivity contribution < 1.29 is 97.1 Å². The Hall–Kier alpha value is -11.1. The van der Waals surface area contributed by atoms with E-state index in [0.29, 0.717) is 27.9 Å². The lowest BCUT2D eigenvalue weighted by atomic mass is 10.0. The molecule has 20 N–H and O–H groups in total. The number of carboxylic acid groups (broad SMARTS) is 4. The van der Waals surface area contributed by atoms with Crippen LogP contribution in [0.2, 0.25) is 0 Å². The average molecular weight is 1560 g/mol. The number of H-pyrrole nitrogens is 2. The summed E-state index contributed by atoms with van der Waals surface area (Å²) in [5, 5.41) is 65.1. The molecule has 0 saturated carbocycles. The minimum absolute atomic E-state index is 0.0392. The molecule has 1 fully saturated rings. The summed E-state index contributed by atoms with van der Waals surface area (Å²) in [5.41, 5.74) is 12.7. The van der Waals surface area contributed by atoms with Gasteiger partial charge in [0.05, 0.1) is 51.5 Å². The van der Waals surface area contributed by atoms with Crippen molar-refractivity contribution in [1.82, 2.24) is 82.4 Å². The molecule has 1 aliphatic heterocycles. The summed E-state index contributed by atoms with van der Waals surface area (Å²) >= 11 is 1.44. The molecule has 602 valence electrons. The van der Waals surface area contributed by atoms with Gasteiger partial charge in [-0.15, -0.1) is 0 Å². The monoisotopic (exact) mass is 1560 g/mol. The van der Waals surface area contributed by atoms with Crippen LogP contribution in [-0.4, -0.2) is 295 Å². The standard InChI is InChI=1S/C70H101N19O20S/c1-39(2)27-50(67(106)81-48(62(72)101)17-26-110-6)83-68(107)52(29-45-32-73-38-77-45)80-56(92)34-76-70(109)61(40(3)4)85-63(102)41(5)78-66(105)51(28-43-31-74-47-10-8-7-9-46(43)47)84-65(104)49(15-16-54(71)90)82-64(103)42-11-13-44(14-12-42)79-55(91)33-75-69(108)53(30-57(93)94)89-24-22-87(36-59(97)98)20-18-86(35-58(95)96)19-21-88(23-25-89)37-60(99)100/h7-14,31-32,38-41,48-53,61,74H,15-30,33-37H2,1-6H3,(H2,71,90)(H2,72,101)(H,73,77)(H,75,108)(H,76,109)(H,78,105)(H,79,91)(H,80,92)(H,81,106)(H,82,103)(H,83,107)(H,84,104)(H,85,102)(H,93,94)(H,95,96)(H,97,98)(H,99,100)/t41-,48-,49?,50-,51-,52-,53?,61-/m0/s1. The number of aromatic amines is 2. The molecule has 4 aromatic rings. The van der Waals surface area contributed by atoms with Gasteiger partial charge < -0.3 is 95.0 Å². The second-order valence-corrected chi connectivity index (χ2v) is 28.2. The number of aliphatic carboxylic acids is 4. The SMILES string of the molecule is CSCC[C@H](NC(=O)[C@H](CC(C)C)NC(=O)[C@H](Cc1cnc[nH]1)NC(=O)CNC(=O)[C@@H](NC(=O)[C@H](C)NC(=O)[C@H](Cc1c[nH]c2ccccc12)NC(=O)C(CCC(N)=O)NC(=O)c1ccc(NC(=O)CNC(=O)C(CC(=O)O)N2CCN(CC(=O)O)CCN(CC(=O)O)CCN(CC(=O)O)CC2)cc1)C(C)C)C(N)=O. The normalized spacial score (nSPS) is 15.6. The minimum atomic E-state index is -1.54. The molecule has 1 aliphatic rings. The van der Waals surface area contributed by atoms with Crippen LogP contribution in [0.3, 0.4) is 0 Å². The molecule has 110 heavy (non-hydrogen) atoms. The third kappa shape index (κ3) is 31.2. The first kappa shape index (κ1) is 89.5. The summed E-state index contributed by atoms with van der Waals surface area (Å²) in [6, 6.07) is 1.45. The second-order valence-electron chi connectivity index (χ2n) is 27.2. The van der Waals surface area contributed by atoms with Gasteiger partial charge in [0.15, 0.2) is 0 Å². The number of carbonyl (C=O) groups is 16. The lowest BCUT2D eigenvalue weighted by Gasteiger charge is -2.35. The van der Waals surface area contributed by atoms with Crippen molar-refractivity contribution in [2.45, 2.75) is 128 Å². The number of nitrogens with two attached hydrogens (primary N) is 2. The molecule has 2 aromatic carbocycles. The van der Waals surface area contributed by atoms with Crippen molar-refractivity contribution in [3.63, 3.8) is 0 Å². The van der Waals surface area contributed by atoms with Crippen LogP contribution in [0.5, 0.6) is 0 Å². The molecule has 2 aromatic heterocycles. The fourth-order valence-corrected chi connectivity index (χ4v) is 12.2. The van der Waals surface area contributed by atoms with Gasteiger partial charge in [-0.2, -0.15) is 11.8 Å². The van der Waals surface area contributed by atoms with E-state index in [0.717, 1.165) is 0 Å². The summed E-state index contributed by atoms with van der Waals surface area (Å²) in [6.45, 7) is 5.35. The quantitative estimate of drug-likeness (QED) is 0.0201. The van der Waals surface area contributed by atoms with Gasteiger partial charge in [0.2, 0.25) is 65.0 Å². The van der Waals surface area contributed by atoms with Gasteiger partial charge in [-0.05, 0) is 85.9 Å². The lowest BCUT2D eigenvalue weighted by Crippen LogP contribution is -2.59. The minimum Gasteiger partial charge on any atom is -0.481 e. The summed E-state index contributed by atoms with van der Waals surface area (Å²) in [5.74, 6) is -15.3. The highest BCUT2D eigenvalue weighted by atomic mass is 32.2. The number of primary amides is 2. The smallest absolute Gasteiger partial charge is 0.317 e. The predicted octanol–water partition coefficient (Wildman–Crippen LogP) is -3.90. The Morgan fingerprint density at radius 3 is 1.63 bits per heavy atom. The highest BCUT2D eigenvalue weighted by Crippen LogP contribution is 2.21. The molecule has 0 radical (unpaired) electrons. The molecule has 40 heteroatoms. The zero-order valence-corrected chi connectivity index (χ0v) is 62.9. The number of aromatic nitrogens is 3. The molecule has 39 nitrogen and oxygen atoms in total. The Kier molecular flexibility index (Phi) is 36.6. The number of carbonyl (C=O) groups excluding carboxylic acids is 12. The molecule has 1 saturated heterocycles. The number of hydrogen-bond donors (Lipinski definition) is 18. The second kappa shape index (κ2) is 45.0. The molecule has 5 rings (SSSR count). The first-order chi connectivity index (χ1) is 52.1. The van der Waals surface area contributed by atoms with Crippen molar-refractivity contribution in [3.05, 3.63) is 84.1 Å². The molecule has 2 unspecified atom stereocenters. The maximum absolute atomic E-state index is 14.5. The van der Waals surface area contributed by atoms with Crippen molar-refractivity contribution in [2.75, 3.05) is 102 Å². The summed E-state index contributed by atoms with van der Waals surface area (Å²) in [4.78, 5) is 227. The van der Waals surface area contributed by atoms with Gasteiger partial charge in [-0.25, -0.2) is 4.98 Å². The first-order valence-electron chi connectivity index (χ1n) is 35.5. The Balaban J connectivity index is 1.25. The third-order valence-corrected chi connectivity index (χ3v) is 18.3. The highest BCUT2D eigenvalue weighted by Gasteiger charge is 2.36. The van der Waals surface area contributed by atoms with Crippen LogP contribution in [0.1, 0.15) is 88.3 Å². The predicted molar refractivity (Wildman–Crippen MR) is 399 cm³/mol. The first-order valence-corrected chi connectivity index (χ1v) is 36.9. The highest BCUT2D eigenvalue weighted by molar-refractivity contribution is 7.98. The molecule has 3 heterocycles. The van der Waals surface area contributed by atoms with Gasteiger partial charge in [-0.3, -0.25) is 96.3 Å². The van der Waals surface area contributed by atoms with E-state index >= 15 is 0 Å². The Morgan fingerprint density at radius 1 is 0.545 bits per heavy atom. The maximum Gasteiger partial charge on any atom is 0.317 e. The topological polar surface area (TPSA) is 584 Å². The van der Waals surface area contributed by atoms with E-state index < -0.39 is 195 Å². The van der Waals surface area contributed by atoms with Crippen molar-refractivity contribution in [3.8, 4) is 0 Å². The largest absolute Gasteiger partial charge is 0.481 e. The molecule has 12 amide bonds. The molecule has 0 aliphatic carbocycles. The van der Waals surface area contributed by atoms with E-state index in [-0.39, 0.29) is 102 Å². The van der Waals surface area contributed by atoms with E-state index in [1.807, 2.05) is 20.1 Å². The zero-order valence-electron chi connectivity index (χ0n) is 62.1. The van der Waals surface area contributed by atoms with Crippen LogP contribution in [0.25, 0.3) is 10.9 Å². The van der Waals surface area contributed by atoms with E-state index in [1.165, 1.54) is 75.1 Å². The number of anilines is 1. The molecular weight excluding hydrogens is 1460 g/mol. The number of amides is 12. The van der Waals surface area contributed by atoms with E-state index in [4.69, 9.17) is 11.5 Å². The Bertz CT molecular complexity index is 3830. The number of benzene rings is 2. The molecule has 8 atom stereocenters. The van der Waals surface area contributed by atoms with Crippen LogP contribution >= 0.6 is 11.8 Å². The van der Waals surface area contributed by atoms with Crippen LogP contribution in [0.15, 0.2) is 67.3 Å². The summed E-state index contributed by atoms with van der Waals surface area (Å²) < 4.78 is 0. The number of fused-ring (bicyclic) bond motifs is 1. The van der Waals surface area contributed by atoms with Crippen LogP contribution < -0.4 is 64.6 Å². The lowest BCUT2D eigenvalue weighted by molar-refractivity contribution is -0.142. The third-order valence-electron chi connectivity index (χ3n) is 17.6. The van der Waals surface area contributed by atoms with Gasteiger partial charge in [0.1, 0.15) is 42.3 Å². The van der Waals surface area contributed by atoms with E-state index in [9.17, 15) is 97.1 Å². The number of carboxylic acids is 4. The van der Waals surface area contributed by atoms with Crippen LogP contribution in [-0.2, 0) is 84.8 Å². The van der Waals surface area contributed by atoms with Gasteiger partial charge in [0.25, 0.3) is 5.91 Å². The Labute approximate surface area is 637 Å². The van der Waals surface area contributed by atoms with Gasteiger partial charge in [-0.1, -0.05) is 45.9 Å². The summed E-state index contributed by atoms with van der Waals surface area (Å²) in [6.07, 6.45) is 4.67. The van der Waals surface area contributed by atoms with E-state index in [1.54, 1.807) is 44.3 Å². The summed E-state index contributed by atoms with van der Waals surface area (Å²) in [7, 11) is 0. The number of nitrogens with zero attached hydrogens (tertiary/aromatic N) is 5. The van der Waals surface area contributed by atoms with Gasteiger partial charge in [0, 0.05) is 112 Å². The van der Waals surface area contributed by atoms with Crippen molar-refractivity contribution >= 4 is 123 Å². The van der Waals surface area contributed by atoms with E-state index in [2.05, 4.69) is 68.1 Å². The number of hydrogen-bond acceptors (Lipinski definition) is 22.